The lowest BCUT2D eigenvalue weighted by Gasteiger charge is -2.35. The number of aryl methyl sites for hydroxylation is 1. The molecule has 174 valence electrons. The van der Waals surface area contributed by atoms with E-state index >= 15 is 0 Å². The minimum absolute atomic E-state index is 0.0486. The molecule has 0 aliphatic carbocycles. The molecule has 2 amide bonds. The largest absolute Gasteiger partial charge is 0.354 e. The molecule has 1 saturated heterocycles. The maximum absolute atomic E-state index is 12.8. The molecule has 0 aromatic heterocycles. The van der Waals surface area contributed by atoms with Crippen molar-refractivity contribution >= 4 is 21.8 Å². The van der Waals surface area contributed by atoms with Crippen molar-refractivity contribution in [3.8, 4) is 0 Å². The van der Waals surface area contributed by atoms with Gasteiger partial charge in [0.2, 0.25) is 21.8 Å². The average Bonchev–Trinajstić information content (AvgIpc) is 2.72. The molecule has 2 atom stereocenters. The van der Waals surface area contributed by atoms with Gasteiger partial charge in [-0.25, -0.2) is 8.42 Å². The van der Waals surface area contributed by atoms with Crippen LogP contribution in [0.3, 0.4) is 0 Å². The topological polar surface area (TPSA) is 95.6 Å². The number of hydrogen-bond donors (Lipinski definition) is 2. The summed E-state index contributed by atoms with van der Waals surface area (Å²) in [5.74, 6) is -0.230. The van der Waals surface area contributed by atoms with E-state index in [4.69, 9.17) is 0 Å². The number of nitrogens with one attached hydrogen (secondary N) is 2. The van der Waals surface area contributed by atoms with Gasteiger partial charge in [0.1, 0.15) is 6.04 Å². The second-order valence-corrected chi connectivity index (χ2v) is 10.5. The van der Waals surface area contributed by atoms with E-state index in [-0.39, 0.29) is 35.7 Å². The van der Waals surface area contributed by atoms with Crippen molar-refractivity contribution in [2.75, 3.05) is 13.1 Å². The summed E-state index contributed by atoms with van der Waals surface area (Å²) in [6, 6.07) is 5.91. The summed E-state index contributed by atoms with van der Waals surface area (Å²) >= 11 is 0. The van der Waals surface area contributed by atoms with E-state index in [1.165, 1.54) is 12.1 Å². The number of piperidine rings is 1. The van der Waals surface area contributed by atoms with Crippen molar-refractivity contribution < 1.29 is 18.0 Å². The van der Waals surface area contributed by atoms with Gasteiger partial charge in [0.15, 0.2) is 0 Å². The molecule has 1 aromatic rings. The molecule has 7 nitrogen and oxygen atoms in total. The van der Waals surface area contributed by atoms with E-state index in [9.17, 15) is 18.0 Å². The lowest BCUT2D eigenvalue weighted by Crippen LogP contribution is -2.48. The molecule has 0 radical (unpaired) electrons. The molecular formula is C23H37N3O4S. The number of hydrogen-bond acceptors (Lipinski definition) is 4. The molecule has 31 heavy (non-hydrogen) atoms. The maximum Gasteiger partial charge on any atom is 0.241 e. The van der Waals surface area contributed by atoms with Crippen LogP contribution in [-0.4, -0.2) is 50.3 Å². The number of nitrogens with zero attached hydrogens (tertiary/aromatic N) is 1. The van der Waals surface area contributed by atoms with Crippen LogP contribution >= 0.6 is 0 Å². The zero-order valence-corrected chi connectivity index (χ0v) is 20.0. The monoisotopic (exact) mass is 451 g/mol. The Morgan fingerprint density at radius 2 is 1.84 bits per heavy atom. The van der Waals surface area contributed by atoms with Gasteiger partial charge in [-0.15, -0.1) is 0 Å². The van der Waals surface area contributed by atoms with E-state index in [0.29, 0.717) is 6.42 Å². The van der Waals surface area contributed by atoms with Gasteiger partial charge in [0.05, 0.1) is 4.90 Å². The molecule has 8 heteroatoms. The summed E-state index contributed by atoms with van der Waals surface area (Å²) in [5, 5.41) is 2.76. The summed E-state index contributed by atoms with van der Waals surface area (Å²) in [6.45, 7) is 8.82. The molecule has 1 aromatic carbocycles. The number of sulfonamides is 1. The first-order valence-corrected chi connectivity index (χ1v) is 12.8. The third-order valence-corrected chi connectivity index (χ3v) is 7.20. The van der Waals surface area contributed by atoms with Crippen LogP contribution in [-0.2, 0) is 19.6 Å². The van der Waals surface area contributed by atoms with Gasteiger partial charge < -0.3 is 10.2 Å². The van der Waals surface area contributed by atoms with E-state index in [2.05, 4.69) is 17.0 Å². The number of benzene rings is 1. The molecule has 0 unspecified atom stereocenters. The fraction of sp³-hybridized carbons (Fsp3) is 0.652. The quantitative estimate of drug-likeness (QED) is 0.572. The van der Waals surface area contributed by atoms with Crippen molar-refractivity contribution in [2.45, 2.75) is 83.2 Å². The van der Waals surface area contributed by atoms with Crippen molar-refractivity contribution in [3.63, 3.8) is 0 Å². The SMILES string of the molecule is CC[C@@H]1CCCCN1C(=O)CCNC(=O)[C@@H](CC(C)C)NS(=O)(=O)c1ccc(C)cc1. The normalized spacial score (nSPS) is 18.1. The Kier molecular flexibility index (Phi) is 9.50. The Labute approximate surface area is 187 Å². The fourth-order valence-corrected chi connectivity index (χ4v) is 5.17. The van der Waals surface area contributed by atoms with Crippen LogP contribution in [0.15, 0.2) is 29.2 Å². The van der Waals surface area contributed by atoms with Crippen LogP contribution < -0.4 is 10.0 Å². The molecule has 2 rings (SSSR count). The minimum Gasteiger partial charge on any atom is -0.354 e. The van der Waals surface area contributed by atoms with Gasteiger partial charge >= 0.3 is 0 Å². The van der Waals surface area contributed by atoms with Crippen molar-refractivity contribution in [1.29, 1.82) is 0 Å². The summed E-state index contributed by atoms with van der Waals surface area (Å²) in [5.41, 5.74) is 0.958. The maximum atomic E-state index is 12.8. The fourth-order valence-electron chi connectivity index (χ4n) is 3.97. The highest BCUT2D eigenvalue weighted by Crippen LogP contribution is 2.20. The number of likely N-dealkylation sites (tertiary alicyclic amines) is 1. The molecule has 1 aliphatic heterocycles. The summed E-state index contributed by atoms with van der Waals surface area (Å²) in [4.78, 5) is 27.4. The van der Waals surface area contributed by atoms with Gasteiger partial charge in [-0.1, -0.05) is 38.5 Å². The lowest BCUT2D eigenvalue weighted by molar-refractivity contribution is -0.135. The first-order valence-electron chi connectivity index (χ1n) is 11.3. The average molecular weight is 452 g/mol. The molecule has 1 aliphatic rings. The molecule has 0 spiro atoms. The standard InChI is InChI=1S/C23H37N3O4S/c1-5-19-8-6-7-15-26(19)22(27)13-14-24-23(28)21(16-17(2)3)25-31(29,30)20-11-9-18(4)10-12-20/h9-12,17,19,21,25H,5-8,13-16H2,1-4H3,(H,24,28)/t19-,21-/m1/s1. The Balaban J connectivity index is 1.96. The van der Waals surface area contributed by atoms with Crippen LogP contribution in [0, 0.1) is 12.8 Å². The van der Waals surface area contributed by atoms with E-state index < -0.39 is 22.0 Å². The highest BCUT2D eigenvalue weighted by Gasteiger charge is 2.28. The molecular weight excluding hydrogens is 414 g/mol. The molecule has 0 bridgehead atoms. The van der Waals surface area contributed by atoms with E-state index in [1.54, 1.807) is 12.1 Å². The third kappa shape index (κ3) is 7.61. The van der Waals surface area contributed by atoms with Gasteiger partial charge in [-0.3, -0.25) is 9.59 Å². The minimum atomic E-state index is -3.82. The van der Waals surface area contributed by atoms with Gasteiger partial charge in [-0.2, -0.15) is 4.72 Å². The zero-order chi connectivity index (χ0) is 23.0. The Hall–Kier alpha value is -1.93. The van der Waals surface area contributed by atoms with Crippen LogP contribution in [0.25, 0.3) is 0 Å². The second-order valence-electron chi connectivity index (χ2n) is 8.80. The van der Waals surface area contributed by atoms with Crippen LogP contribution in [0.1, 0.15) is 64.9 Å². The second kappa shape index (κ2) is 11.6. The molecule has 2 N–H and O–H groups in total. The first-order chi connectivity index (χ1) is 14.6. The smallest absolute Gasteiger partial charge is 0.241 e. The Morgan fingerprint density at radius 1 is 1.16 bits per heavy atom. The van der Waals surface area contributed by atoms with E-state index in [0.717, 1.165) is 37.8 Å². The predicted molar refractivity (Wildman–Crippen MR) is 122 cm³/mol. The van der Waals surface area contributed by atoms with Crippen molar-refractivity contribution in [1.82, 2.24) is 14.9 Å². The Bertz CT molecular complexity index is 837. The number of carbonyl (C=O) groups is 2. The third-order valence-electron chi connectivity index (χ3n) is 5.71. The number of amides is 2. The van der Waals surface area contributed by atoms with Gasteiger partial charge in [-0.05, 0) is 57.1 Å². The van der Waals surface area contributed by atoms with Gasteiger partial charge in [0, 0.05) is 25.6 Å². The number of rotatable bonds is 10. The van der Waals surface area contributed by atoms with E-state index in [1.807, 2.05) is 25.7 Å². The van der Waals surface area contributed by atoms with Gasteiger partial charge in [0.25, 0.3) is 0 Å². The van der Waals surface area contributed by atoms with Crippen LogP contribution in [0.5, 0.6) is 0 Å². The predicted octanol–water partition coefficient (Wildman–Crippen LogP) is 2.99. The van der Waals surface area contributed by atoms with Crippen LogP contribution in [0.2, 0.25) is 0 Å². The summed E-state index contributed by atoms with van der Waals surface area (Å²) in [6.07, 6.45) is 4.74. The zero-order valence-electron chi connectivity index (χ0n) is 19.2. The van der Waals surface area contributed by atoms with Crippen molar-refractivity contribution in [3.05, 3.63) is 29.8 Å². The first kappa shape index (κ1) is 25.3. The lowest BCUT2D eigenvalue weighted by atomic mass is 9.99. The number of carbonyl (C=O) groups excluding carboxylic acids is 2. The molecule has 1 fully saturated rings. The van der Waals surface area contributed by atoms with Crippen molar-refractivity contribution in [2.24, 2.45) is 5.92 Å². The summed E-state index contributed by atoms with van der Waals surface area (Å²) in [7, 11) is -3.82. The molecule has 1 heterocycles. The molecule has 0 saturated carbocycles. The summed E-state index contributed by atoms with van der Waals surface area (Å²) < 4.78 is 28.0. The Morgan fingerprint density at radius 3 is 2.45 bits per heavy atom. The van der Waals surface area contributed by atoms with Crippen LogP contribution in [0.4, 0.5) is 0 Å². The highest BCUT2D eigenvalue weighted by molar-refractivity contribution is 7.89. The highest BCUT2D eigenvalue weighted by atomic mass is 32.2.